The van der Waals surface area contributed by atoms with Crippen LogP contribution in [-0.2, 0) is 0 Å². The van der Waals surface area contributed by atoms with Gasteiger partial charge in [-0.05, 0) is 18.6 Å². The number of rotatable bonds is 6. The lowest BCUT2D eigenvalue weighted by Crippen LogP contribution is -2.28. The number of imidazole rings is 1. The Morgan fingerprint density at radius 2 is 2.24 bits per heavy atom. The molecule has 0 unspecified atom stereocenters. The lowest BCUT2D eigenvalue weighted by molar-refractivity contribution is 0.722. The molecule has 4 heteroatoms. The van der Waals surface area contributed by atoms with Crippen LogP contribution in [0, 0.1) is 0 Å². The number of pyridine rings is 1. The molecule has 0 aliphatic heterocycles. The van der Waals surface area contributed by atoms with E-state index in [0.717, 1.165) is 18.7 Å². The van der Waals surface area contributed by atoms with E-state index in [4.69, 9.17) is 11.6 Å². The van der Waals surface area contributed by atoms with E-state index in [2.05, 4.69) is 27.3 Å². The minimum atomic E-state index is 0.648. The Labute approximate surface area is 107 Å². The van der Waals surface area contributed by atoms with Crippen molar-refractivity contribution in [3.8, 4) is 0 Å². The van der Waals surface area contributed by atoms with Crippen LogP contribution in [0.1, 0.15) is 19.8 Å². The quantitative estimate of drug-likeness (QED) is 0.735. The molecule has 0 fully saturated rings. The number of halogens is 1. The topological polar surface area (TPSA) is 20.5 Å². The monoisotopic (exact) mass is 251 g/mol. The number of alkyl halides is 1. The summed E-state index contributed by atoms with van der Waals surface area (Å²) in [7, 11) is 0. The minimum absolute atomic E-state index is 0.648. The molecular weight excluding hydrogens is 234 g/mol. The summed E-state index contributed by atoms with van der Waals surface area (Å²) in [4.78, 5) is 6.63. The zero-order valence-electron chi connectivity index (χ0n) is 10.1. The molecular formula is C13H18ClN3. The second-order valence-corrected chi connectivity index (χ2v) is 4.45. The first-order valence-electron chi connectivity index (χ1n) is 6.09. The first-order chi connectivity index (χ1) is 8.36. The highest BCUT2D eigenvalue weighted by Gasteiger charge is 2.08. The summed E-state index contributed by atoms with van der Waals surface area (Å²) in [6, 6.07) is 6.18. The maximum Gasteiger partial charge on any atom is 0.138 e. The molecule has 2 aromatic heterocycles. The molecule has 2 aromatic rings. The minimum Gasteiger partial charge on any atom is -0.357 e. The molecule has 0 atom stereocenters. The second kappa shape index (κ2) is 5.92. The van der Waals surface area contributed by atoms with E-state index in [-0.39, 0.29) is 0 Å². The van der Waals surface area contributed by atoms with Crippen LogP contribution in [0.25, 0.3) is 5.65 Å². The van der Waals surface area contributed by atoms with Crippen molar-refractivity contribution in [1.82, 2.24) is 9.38 Å². The largest absolute Gasteiger partial charge is 0.357 e. The molecule has 0 N–H and O–H groups in total. The van der Waals surface area contributed by atoms with Crippen molar-refractivity contribution in [3.05, 3.63) is 30.6 Å². The summed E-state index contributed by atoms with van der Waals surface area (Å²) in [6.45, 7) is 4.12. The summed E-state index contributed by atoms with van der Waals surface area (Å²) in [5, 5.41) is 0. The van der Waals surface area contributed by atoms with Crippen LogP contribution in [0.5, 0.6) is 0 Å². The van der Waals surface area contributed by atoms with E-state index in [1.165, 1.54) is 18.7 Å². The van der Waals surface area contributed by atoms with Crippen molar-refractivity contribution in [2.45, 2.75) is 19.8 Å². The molecule has 2 heterocycles. The van der Waals surface area contributed by atoms with E-state index in [1.807, 2.05) is 24.5 Å². The van der Waals surface area contributed by atoms with E-state index in [9.17, 15) is 0 Å². The fourth-order valence-electron chi connectivity index (χ4n) is 1.98. The smallest absolute Gasteiger partial charge is 0.138 e. The van der Waals surface area contributed by atoms with Gasteiger partial charge in [-0.25, -0.2) is 4.98 Å². The van der Waals surface area contributed by atoms with Crippen LogP contribution >= 0.6 is 11.6 Å². The molecule has 0 radical (unpaired) electrons. The fourth-order valence-corrected chi connectivity index (χ4v) is 2.19. The predicted molar refractivity (Wildman–Crippen MR) is 73.0 cm³/mol. The highest BCUT2D eigenvalue weighted by Crippen LogP contribution is 2.17. The average Bonchev–Trinajstić information content (AvgIpc) is 2.82. The van der Waals surface area contributed by atoms with E-state index >= 15 is 0 Å². The van der Waals surface area contributed by atoms with Gasteiger partial charge >= 0.3 is 0 Å². The molecule has 0 saturated heterocycles. The molecule has 0 aliphatic rings. The second-order valence-electron chi connectivity index (χ2n) is 4.07. The maximum atomic E-state index is 5.88. The van der Waals surface area contributed by atoms with Gasteiger partial charge in [-0.15, -0.1) is 11.6 Å². The van der Waals surface area contributed by atoms with Gasteiger partial charge in [0.25, 0.3) is 0 Å². The van der Waals surface area contributed by atoms with Gasteiger partial charge < -0.3 is 4.90 Å². The Bertz CT molecular complexity index is 466. The third-order valence-electron chi connectivity index (χ3n) is 2.87. The molecule has 0 aromatic carbocycles. The van der Waals surface area contributed by atoms with E-state index in [0.29, 0.717) is 5.88 Å². The van der Waals surface area contributed by atoms with Gasteiger partial charge in [0.05, 0.1) is 0 Å². The van der Waals surface area contributed by atoms with Crippen molar-refractivity contribution in [1.29, 1.82) is 0 Å². The number of fused-ring (bicyclic) bond motifs is 1. The average molecular weight is 252 g/mol. The van der Waals surface area contributed by atoms with Gasteiger partial charge in [0, 0.05) is 31.4 Å². The summed E-state index contributed by atoms with van der Waals surface area (Å²) >= 11 is 5.88. The van der Waals surface area contributed by atoms with Crippen molar-refractivity contribution in [2.24, 2.45) is 0 Å². The van der Waals surface area contributed by atoms with Crippen molar-refractivity contribution < 1.29 is 0 Å². The Morgan fingerprint density at radius 1 is 1.35 bits per heavy atom. The summed E-state index contributed by atoms with van der Waals surface area (Å²) < 4.78 is 2.11. The van der Waals surface area contributed by atoms with Gasteiger partial charge in [0.2, 0.25) is 0 Å². The SMILES string of the molecule is CCCCN(CCCl)c1cccc2nccn12. The van der Waals surface area contributed by atoms with Crippen LogP contribution in [0.4, 0.5) is 5.82 Å². The summed E-state index contributed by atoms with van der Waals surface area (Å²) in [5.74, 6) is 1.82. The zero-order valence-corrected chi connectivity index (χ0v) is 10.9. The Morgan fingerprint density at radius 3 is 3.00 bits per heavy atom. The molecule has 3 nitrogen and oxygen atoms in total. The predicted octanol–water partition coefficient (Wildman–Crippen LogP) is 3.18. The molecule has 17 heavy (non-hydrogen) atoms. The van der Waals surface area contributed by atoms with Gasteiger partial charge in [-0.1, -0.05) is 19.4 Å². The van der Waals surface area contributed by atoms with E-state index < -0.39 is 0 Å². The fraction of sp³-hybridized carbons (Fsp3) is 0.462. The van der Waals surface area contributed by atoms with Crippen molar-refractivity contribution in [3.63, 3.8) is 0 Å². The Balaban J connectivity index is 2.30. The number of anilines is 1. The summed E-state index contributed by atoms with van der Waals surface area (Å²) in [6.07, 6.45) is 6.20. The number of hydrogen-bond donors (Lipinski definition) is 0. The third-order valence-corrected chi connectivity index (χ3v) is 3.04. The normalized spacial score (nSPS) is 10.9. The molecule has 0 aliphatic carbocycles. The van der Waals surface area contributed by atoms with Gasteiger partial charge in [0.1, 0.15) is 11.5 Å². The standard InChI is InChI=1S/C13H18ClN3/c1-2-3-9-16(10-7-14)13-6-4-5-12-15-8-11-17(12)13/h4-6,8,11H,2-3,7,9-10H2,1H3. The molecule has 92 valence electrons. The zero-order chi connectivity index (χ0) is 12.1. The van der Waals surface area contributed by atoms with Gasteiger partial charge in [-0.3, -0.25) is 4.40 Å². The van der Waals surface area contributed by atoms with Gasteiger partial charge in [-0.2, -0.15) is 0 Å². The molecule has 0 bridgehead atoms. The lowest BCUT2D eigenvalue weighted by atomic mass is 10.3. The molecule has 2 rings (SSSR count). The van der Waals surface area contributed by atoms with Crippen LogP contribution in [0.15, 0.2) is 30.6 Å². The van der Waals surface area contributed by atoms with Crippen LogP contribution < -0.4 is 4.90 Å². The highest BCUT2D eigenvalue weighted by molar-refractivity contribution is 6.18. The number of unbranched alkanes of at least 4 members (excludes halogenated alkanes) is 1. The van der Waals surface area contributed by atoms with E-state index in [1.54, 1.807) is 0 Å². The van der Waals surface area contributed by atoms with Crippen LogP contribution in [-0.4, -0.2) is 28.4 Å². The molecule has 0 saturated carbocycles. The van der Waals surface area contributed by atoms with Gasteiger partial charge in [0.15, 0.2) is 0 Å². The summed E-state index contributed by atoms with van der Waals surface area (Å²) in [5.41, 5.74) is 0.985. The highest BCUT2D eigenvalue weighted by atomic mass is 35.5. The van der Waals surface area contributed by atoms with Crippen LogP contribution in [0.3, 0.4) is 0 Å². The number of hydrogen-bond acceptors (Lipinski definition) is 2. The Kier molecular flexibility index (Phi) is 4.26. The molecule has 0 amide bonds. The van der Waals surface area contributed by atoms with Crippen LogP contribution in [0.2, 0.25) is 0 Å². The Hall–Kier alpha value is -1.22. The third kappa shape index (κ3) is 2.72. The maximum absolute atomic E-state index is 5.88. The number of nitrogens with zero attached hydrogens (tertiary/aromatic N) is 3. The van der Waals surface area contributed by atoms with Crippen molar-refractivity contribution >= 4 is 23.1 Å². The first-order valence-corrected chi connectivity index (χ1v) is 6.63. The van der Waals surface area contributed by atoms with Crippen molar-refractivity contribution in [2.75, 3.05) is 23.9 Å². The lowest BCUT2D eigenvalue weighted by Gasteiger charge is -2.24. The number of aromatic nitrogens is 2. The molecule has 0 spiro atoms. The first kappa shape index (κ1) is 12.2.